The zero-order valence-corrected chi connectivity index (χ0v) is 18.9. The largest absolute Gasteiger partial charge is 0.348 e. The molecule has 4 aromatic rings. The van der Waals surface area contributed by atoms with Gasteiger partial charge < -0.3 is 10.3 Å². The molecule has 0 radical (unpaired) electrons. The van der Waals surface area contributed by atoms with Gasteiger partial charge in [-0.2, -0.15) is 10.2 Å². The first kappa shape index (κ1) is 21.5. The van der Waals surface area contributed by atoms with E-state index in [1.54, 1.807) is 23.1 Å². The molecule has 9 heteroatoms. The molecule has 32 heavy (non-hydrogen) atoms. The van der Waals surface area contributed by atoms with E-state index in [1.165, 1.54) is 0 Å². The fraction of sp³-hybridized carbons (Fsp3) is 0.348. The van der Waals surface area contributed by atoms with Crippen LogP contribution < -0.4 is 10.9 Å². The summed E-state index contributed by atoms with van der Waals surface area (Å²) in [7, 11) is 0. The monoisotopic (exact) mass is 433 g/mol. The van der Waals surface area contributed by atoms with Crippen molar-refractivity contribution >= 4 is 16.9 Å². The van der Waals surface area contributed by atoms with E-state index in [-0.39, 0.29) is 24.1 Å². The second-order valence-electron chi connectivity index (χ2n) is 8.19. The van der Waals surface area contributed by atoms with E-state index in [9.17, 15) is 9.59 Å². The van der Waals surface area contributed by atoms with Crippen LogP contribution in [0, 0.1) is 13.8 Å². The van der Waals surface area contributed by atoms with E-state index in [0.29, 0.717) is 27.9 Å². The highest BCUT2D eigenvalue weighted by atomic mass is 16.1. The molecule has 0 unspecified atom stereocenters. The SMILES string of the molecule is CCn1cc(-c2cc(C(=O)NCc3c(C)cc(C)[nH]c3=O)c3cnn(C(C)C)c3n2)cn1. The molecule has 4 rings (SSSR count). The van der Waals surface area contributed by atoms with Gasteiger partial charge in [0.2, 0.25) is 0 Å². The van der Waals surface area contributed by atoms with Gasteiger partial charge in [-0.15, -0.1) is 0 Å². The molecule has 0 bridgehead atoms. The molecule has 4 aromatic heterocycles. The minimum absolute atomic E-state index is 0.0818. The predicted octanol–water partition coefficient (Wildman–Crippen LogP) is 3.13. The smallest absolute Gasteiger partial charge is 0.253 e. The number of aryl methyl sites for hydroxylation is 3. The van der Waals surface area contributed by atoms with Gasteiger partial charge in [-0.1, -0.05) is 0 Å². The summed E-state index contributed by atoms with van der Waals surface area (Å²) >= 11 is 0. The van der Waals surface area contributed by atoms with Crippen molar-refractivity contribution in [3.63, 3.8) is 0 Å². The van der Waals surface area contributed by atoms with Crippen LogP contribution in [0.2, 0.25) is 0 Å². The Labute approximate surface area is 185 Å². The van der Waals surface area contributed by atoms with Gasteiger partial charge in [0, 0.05) is 42.1 Å². The normalized spacial score (nSPS) is 11.4. The van der Waals surface area contributed by atoms with E-state index < -0.39 is 0 Å². The Morgan fingerprint density at radius 2 is 1.97 bits per heavy atom. The van der Waals surface area contributed by atoms with Gasteiger partial charge in [-0.05, 0) is 52.3 Å². The Kier molecular flexibility index (Phi) is 5.65. The molecule has 4 heterocycles. The predicted molar refractivity (Wildman–Crippen MR) is 123 cm³/mol. The molecule has 1 amide bonds. The summed E-state index contributed by atoms with van der Waals surface area (Å²) in [5.41, 5.74) is 4.54. The maximum atomic E-state index is 13.2. The fourth-order valence-corrected chi connectivity index (χ4v) is 3.77. The molecule has 0 saturated heterocycles. The second kappa shape index (κ2) is 8.41. The Balaban J connectivity index is 1.75. The number of carbonyl (C=O) groups is 1. The topological polar surface area (TPSA) is 110 Å². The average molecular weight is 434 g/mol. The molecule has 0 aliphatic rings. The molecule has 0 fully saturated rings. The number of hydrogen-bond acceptors (Lipinski definition) is 5. The van der Waals surface area contributed by atoms with Crippen molar-refractivity contribution in [3.8, 4) is 11.3 Å². The van der Waals surface area contributed by atoms with Gasteiger partial charge in [-0.3, -0.25) is 14.3 Å². The summed E-state index contributed by atoms with van der Waals surface area (Å²) in [6.45, 7) is 10.6. The van der Waals surface area contributed by atoms with Crippen LogP contribution in [-0.2, 0) is 13.1 Å². The van der Waals surface area contributed by atoms with Crippen LogP contribution in [0.4, 0.5) is 0 Å². The number of nitrogens with zero attached hydrogens (tertiary/aromatic N) is 5. The quantitative estimate of drug-likeness (QED) is 0.485. The van der Waals surface area contributed by atoms with Crippen molar-refractivity contribution in [1.82, 2.24) is 34.8 Å². The molecule has 0 atom stereocenters. The second-order valence-corrected chi connectivity index (χ2v) is 8.19. The first-order valence-electron chi connectivity index (χ1n) is 10.7. The van der Waals surface area contributed by atoms with Crippen molar-refractivity contribution in [1.29, 1.82) is 0 Å². The van der Waals surface area contributed by atoms with Crippen LogP contribution in [0.25, 0.3) is 22.3 Å². The van der Waals surface area contributed by atoms with Crippen molar-refractivity contribution < 1.29 is 4.79 Å². The van der Waals surface area contributed by atoms with Crippen LogP contribution >= 0.6 is 0 Å². The van der Waals surface area contributed by atoms with Gasteiger partial charge >= 0.3 is 0 Å². The number of carbonyl (C=O) groups excluding carboxylic acids is 1. The van der Waals surface area contributed by atoms with Crippen molar-refractivity contribution in [2.45, 2.75) is 53.8 Å². The Hall–Kier alpha value is -3.75. The zero-order valence-electron chi connectivity index (χ0n) is 18.9. The number of nitrogens with one attached hydrogen (secondary N) is 2. The molecule has 166 valence electrons. The number of aromatic amines is 1. The minimum Gasteiger partial charge on any atom is -0.348 e. The Morgan fingerprint density at radius 1 is 1.19 bits per heavy atom. The lowest BCUT2D eigenvalue weighted by atomic mass is 10.1. The van der Waals surface area contributed by atoms with Gasteiger partial charge in [0.15, 0.2) is 5.65 Å². The molecule has 0 aromatic carbocycles. The summed E-state index contributed by atoms with van der Waals surface area (Å²) in [6.07, 6.45) is 5.31. The van der Waals surface area contributed by atoms with Crippen molar-refractivity contribution in [2.24, 2.45) is 0 Å². The molecule has 0 saturated carbocycles. The maximum Gasteiger partial charge on any atom is 0.253 e. The fourth-order valence-electron chi connectivity index (χ4n) is 3.77. The van der Waals surface area contributed by atoms with Gasteiger partial charge in [-0.25, -0.2) is 9.67 Å². The summed E-state index contributed by atoms with van der Waals surface area (Å²) in [6, 6.07) is 3.73. The third-order valence-corrected chi connectivity index (χ3v) is 5.47. The van der Waals surface area contributed by atoms with E-state index >= 15 is 0 Å². The van der Waals surface area contributed by atoms with E-state index in [2.05, 4.69) is 20.5 Å². The number of aromatic nitrogens is 6. The third kappa shape index (κ3) is 3.93. The molecule has 0 aliphatic heterocycles. The summed E-state index contributed by atoms with van der Waals surface area (Å²) in [5, 5.41) is 12.3. The first-order chi connectivity index (χ1) is 15.3. The number of rotatable bonds is 6. The van der Waals surface area contributed by atoms with Crippen LogP contribution in [0.3, 0.4) is 0 Å². The molecular formula is C23H27N7O2. The van der Waals surface area contributed by atoms with E-state index in [1.807, 2.05) is 51.6 Å². The average Bonchev–Trinajstić information content (AvgIpc) is 3.39. The van der Waals surface area contributed by atoms with Gasteiger partial charge in [0.1, 0.15) is 0 Å². The van der Waals surface area contributed by atoms with Crippen LogP contribution in [-0.4, -0.2) is 35.4 Å². The van der Waals surface area contributed by atoms with E-state index in [4.69, 9.17) is 4.98 Å². The number of fused-ring (bicyclic) bond motifs is 1. The molecule has 0 aliphatic carbocycles. The summed E-state index contributed by atoms with van der Waals surface area (Å²) < 4.78 is 3.61. The highest BCUT2D eigenvalue weighted by Gasteiger charge is 2.19. The lowest BCUT2D eigenvalue weighted by molar-refractivity contribution is 0.0952. The molecule has 2 N–H and O–H groups in total. The Bertz CT molecular complexity index is 1360. The minimum atomic E-state index is -0.288. The zero-order chi connectivity index (χ0) is 23.0. The number of amides is 1. The first-order valence-corrected chi connectivity index (χ1v) is 10.7. The Morgan fingerprint density at radius 3 is 2.62 bits per heavy atom. The van der Waals surface area contributed by atoms with Gasteiger partial charge in [0.25, 0.3) is 11.5 Å². The number of pyridine rings is 2. The van der Waals surface area contributed by atoms with Crippen LogP contribution in [0.5, 0.6) is 0 Å². The molecule has 9 nitrogen and oxygen atoms in total. The highest BCUT2D eigenvalue weighted by molar-refractivity contribution is 6.06. The van der Waals surface area contributed by atoms with Gasteiger partial charge in [0.05, 0.1) is 29.0 Å². The van der Waals surface area contributed by atoms with Crippen LogP contribution in [0.1, 0.15) is 54.0 Å². The molecular weight excluding hydrogens is 406 g/mol. The third-order valence-electron chi connectivity index (χ3n) is 5.47. The number of hydrogen-bond donors (Lipinski definition) is 2. The highest BCUT2D eigenvalue weighted by Crippen LogP contribution is 2.26. The van der Waals surface area contributed by atoms with Crippen LogP contribution in [0.15, 0.2) is 35.5 Å². The lowest BCUT2D eigenvalue weighted by Gasteiger charge is -2.11. The molecule has 0 spiro atoms. The standard InChI is InChI=1S/C23H27N7O2/c1-6-29-12-16(9-25-29)20-8-17(19-11-26-30(13(2)3)21(19)28-20)22(31)24-10-18-14(4)7-15(5)27-23(18)32/h7-9,11-13H,6,10H2,1-5H3,(H,24,31)(H,27,32). The summed E-state index contributed by atoms with van der Waals surface area (Å²) in [4.78, 5) is 33.1. The lowest BCUT2D eigenvalue weighted by Crippen LogP contribution is -2.28. The number of H-pyrrole nitrogens is 1. The van der Waals surface area contributed by atoms with Crippen molar-refractivity contribution in [2.75, 3.05) is 0 Å². The summed E-state index contributed by atoms with van der Waals surface area (Å²) in [5.74, 6) is -0.288. The maximum absolute atomic E-state index is 13.2. The van der Waals surface area contributed by atoms with E-state index in [0.717, 1.165) is 23.4 Å². The van der Waals surface area contributed by atoms with Crippen molar-refractivity contribution in [3.05, 3.63) is 63.5 Å².